The average molecular weight is 478 g/mol. The van der Waals surface area contributed by atoms with Gasteiger partial charge in [0.2, 0.25) is 5.91 Å². The van der Waals surface area contributed by atoms with Crippen molar-refractivity contribution in [2.45, 2.75) is 26.7 Å². The molecule has 0 unspecified atom stereocenters. The third-order valence-corrected chi connectivity index (χ3v) is 5.49. The zero-order valence-corrected chi connectivity index (χ0v) is 20.2. The second-order valence-corrected chi connectivity index (χ2v) is 8.26. The molecule has 4 aromatic rings. The summed E-state index contributed by atoms with van der Waals surface area (Å²) >= 11 is 0. The molecule has 4 rings (SSSR count). The Balaban J connectivity index is 1.41. The number of nitrogens with one attached hydrogen (secondary N) is 2. The Morgan fingerprint density at radius 3 is 2.50 bits per heavy atom. The molecule has 2 aromatic heterocycles. The van der Waals surface area contributed by atoms with E-state index in [0.717, 1.165) is 28.8 Å². The van der Waals surface area contributed by atoms with Gasteiger partial charge in [-0.05, 0) is 73.0 Å². The van der Waals surface area contributed by atoms with Crippen LogP contribution >= 0.6 is 0 Å². The van der Waals surface area contributed by atoms with Gasteiger partial charge in [-0.15, -0.1) is 0 Å². The van der Waals surface area contributed by atoms with Crippen molar-refractivity contribution in [1.29, 1.82) is 0 Å². The fourth-order valence-electron chi connectivity index (χ4n) is 3.60. The second kappa shape index (κ2) is 11.7. The number of aromatic nitrogens is 3. The quantitative estimate of drug-likeness (QED) is 0.322. The van der Waals surface area contributed by atoms with E-state index in [1.54, 1.807) is 36.8 Å². The minimum atomic E-state index is -0.243. The number of aryl methyl sites for hydroxylation is 1. The van der Waals surface area contributed by atoms with Crippen LogP contribution in [0.4, 0.5) is 11.4 Å². The summed E-state index contributed by atoms with van der Waals surface area (Å²) in [7, 11) is 0. The average Bonchev–Trinajstić information content (AvgIpc) is 2.90. The second-order valence-electron chi connectivity index (χ2n) is 8.26. The summed E-state index contributed by atoms with van der Waals surface area (Å²) in [5, 5.41) is 5.72. The summed E-state index contributed by atoms with van der Waals surface area (Å²) in [6.07, 6.45) is 9.87. The van der Waals surface area contributed by atoms with Gasteiger partial charge < -0.3 is 10.6 Å². The maximum absolute atomic E-state index is 12.9. The van der Waals surface area contributed by atoms with Gasteiger partial charge in [-0.3, -0.25) is 14.6 Å². The first-order chi connectivity index (χ1) is 17.5. The molecule has 180 valence electrons. The monoisotopic (exact) mass is 477 g/mol. The molecule has 7 nitrogen and oxygen atoms in total. The van der Waals surface area contributed by atoms with E-state index in [1.165, 1.54) is 6.08 Å². The lowest BCUT2D eigenvalue weighted by Crippen LogP contribution is -2.15. The fourth-order valence-corrected chi connectivity index (χ4v) is 3.60. The normalized spacial score (nSPS) is 10.8. The van der Waals surface area contributed by atoms with E-state index in [-0.39, 0.29) is 11.8 Å². The fraction of sp³-hybridized carbons (Fsp3) is 0.138. The molecule has 0 atom stereocenters. The Morgan fingerprint density at radius 2 is 1.75 bits per heavy atom. The van der Waals surface area contributed by atoms with Gasteiger partial charge >= 0.3 is 0 Å². The standard InChI is InChI=1S/C29H27N5O2/c1-3-4-7-28(35)32-24-11-8-20(2)25(18-24)29(36)33-23-12-9-21(10-13-23)17-27-31-16-14-26(34-27)22-6-5-15-30-19-22/h4-16,18-19H,3,17H2,1-2H3,(H,32,35)(H,33,36)/b7-4+. The van der Waals surface area contributed by atoms with Crippen molar-refractivity contribution in [1.82, 2.24) is 15.0 Å². The van der Waals surface area contributed by atoms with Gasteiger partial charge in [0.25, 0.3) is 5.91 Å². The molecular formula is C29H27N5O2. The Morgan fingerprint density at radius 1 is 0.944 bits per heavy atom. The lowest BCUT2D eigenvalue weighted by Gasteiger charge is -2.11. The van der Waals surface area contributed by atoms with Crippen LogP contribution in [0, 0.1) is 6.92 Å². The van der Waals surface area contributed by atoms with E-state index >= 15 is 0 Å². The number of amides is 2. The number of hydrogen-bond donors (Lipinski definition) is 2. The van der Waals surface area contributed by atoms with Gasteiger partial charge in [0.05, 0.1) is 5.69 Å². The lowest BCUT2D eigenvalue weighted by atomic mass is 10.1. The number of carbonyl (C=O) groups is 2. The summed E-state index contributed by atoms with van der Waals surface area (Å²) in [6, 6.07) is 18.6. The molecule has 7 heteroatoms. The maximum atomic E-state index is 12.9. The number of hydrogen-bond acceptors (Lipinski definition) is 5. The smallest absolute Gasteiger partial charge is 0.256 e. The van der Waals surface area contributed by atoms with Crippen LogP contribution in [0.1, 0.15) is 40.7 Å². The van der Waals surface area contributed by atoms with Crippen LogP contribution in [-0.4, -0.2) is 26.8 Å². The summed E-state index contributed by atoms with van der Waals surface area (Å²) < 4.78 is 0. The molecular weight excluding hydrogens is 450 g/mol. The summed E-state index contributed by atoms with van der Waals surface area (Å²) in [5.41, 5.74) is 5.35. The number of anilines is 2. The predicted octanol–water partition coefficient (Wildman–Crippen LogP) is 5.59. The zero-order valence-electron chi connectivity index (χ0n) is 20.2. The highest BCUT2D eigenvalue weighted by Gasteiger charge is 2.12. The molecule has 2 N–H and O–H groups in total. The van der Waals surface area contributed by atoms with Crippen LogP contribution in [0.25, 0.3) is 11.3 Å². The first kappa shape index (κ1) is 24.5. The molecule has 2 aromatic carbocycles. The molecule has 0 aliphatic rings. The van der Waals surface area contributed by atoms with E-state index in [2.05, 4.69) is 25.6 Å². The molecule has 0 spiro atoms. The van der Waals surface area contributed by atoms with E-state index in [4.69, 9.17) is 0 Å². The van der Waals surface area contributed by atoms with Crippen LogP contribution in [0.5, 0.6) is 0 Å². The van der Waals surface area contributed by atoms with Crippen molar-refractivity contribution in [3.8, 4) is 11.3 Å². The van der Waals surface area contributed by atoms with Crippen LogP contribution < -0.4 is 10.6 Å². The van der Waals surface area contributed by atoms with Gasteiger partial charge in [0.15, 0.2) is 0 Å². The Bertz CT molecular complexity index is 1380. The maximum Gasteiger partial charge on any atom is 0.256 e. The largest absolute Gasteiger partial charge is 0.322 e. The number of carbonyl (C=O) groups excluding carboxylic acids is 2. The number of pyridine rings is 1. The predicted molar refractivity (Wildman–Crippen MR) is 142 cm³/mol. The highest BCUT2D eigenvalue weighted by molar-refractivity contribution is 6.07. The van der Waals surface area contributed by atoms with E-state index in [1.807, 2.05) is 62.4 Å². The van der Waals surface area contributed by atoms with E-state index in [0.29, 0.717) is 29.2 Å². The van der Waals surface area contributed by atoms with Crippen molar-refractivity contribution >= 4 is 23.2 Å². The molecule has 2 heterocycles. The van der Waals surface area contributed by atoms with Crippen LogP contribution in [0.3, 0.4) is 0 Å². The number of benzene rings is 2. The van der Waals surface area contributed by atoms with Gasteiger partial charge in [0, 0.05) is 47.5 Å². The third kappa shape index (κ3) is 6.48. The molecule has 0 saturated carbocycles. The van der Waals surface area contributed by atoms with Crippen molar-refractivity contribution in [2.24, 2.45) is 0 Å². The number of nitrogens with zero attached hydrogens (tertiary/aromatic N) is 3. The molecule has 0 radical (unpaired) electrons. The third-order valence-electron chi connectivity index (χ3n) is 5.49. The highest BCUT2D eigenvalue weighted by Crippen LogP contribution is 2.19. The minimum absolute atomic E-state index is 0.224. The Hall–Kier alpha value is -4.65. The van der Waals surface area contributed by atoms with Crippen molar-refractivity contribution < 1.29 is 9.59 Å². The summed E-state index contributed by atoms with van der Waals surface area (Å²) in [6.45, 7) is 3.82. The molecule has 36 heavy (non-hydrogen) atoms. The van der Waals surface area contributed by atoms with Crippen molar-refractivity contribution in [3.63, 3.8) is 0 Å². The summed E-state index contributed by atoms with van der Waals surface area (Å²) in [4.78, 5) is 38.1. The van der Waals surface area contributed by atoms with Gasteiger partial charge in [-0.25, -0.2) is 9.97 Å². The SMILES string of the molecule is CC/C=C/C(=O)Nc1ccc(C)c(C(=O)Nc2ccc(Cc3nccc(-c4cccnc4)n3)cc2)c1. The number of allylic oxidation sites excluding steroid dienone is 1. The van der Waals surface area contributed by atoms with Crippen LogP contribution in [0.15, 0.2) is 91.4 Å². The molecule has 0 aliphatic heterocycles. The lowest BCUT2D eigenvalue weighted by molar-refractivity contribution is -0.111. The minimum Gasteiger partial charge on any atom is -0.322 e. The molecule has 0 fully saturated rings. The van der Waals surface area contributed by atoms with Crippen molar-refractivity contribution in [3.05, 3.63) is 114 Å². The zero-order chi connectivity index (χ0) is 25.3. The molecule has 0 bridgehead atoms. The molecule has 0 saturated heterocycles. The Kier molecular flexibility index (Phi) is 7.93. The Labute approximate surface area is 210 Å². The van der Waals surface area contributed by atoms with Crippen LogP contribution in [0.2, 0.25) is 0 Å². The number of rotatable bonds is 8. The van der Waals surface area contributed by atoms with E-state index < -0.39 is 0 Å². The highest BCUT2D eigenvalue weighted by atomic mass is 16.2. The first-order valence-electron chi connectivity index (χ1n) is 11.7. The van der Waals surface area contributed by atoms with Gasteiger partial charge in [-0.2, -0.15) is 0 Å². The van der Waals surface area contributed by atoms with Crippen LogP contribution in [-0.2, 0) is 11.2 Å². The first-order valence-corrected chi connectivity index (χ1v) is 11.7. The van der Waals surface area contributed by atoms with Crippen molar-refractivity contribution in [2.75, 3.05) is 10.6 Å². The summed E-state index contributed by atoms with van der Waals surface area (Å²) in [5.74, 6) is 0.238. The topological polar surface area (TPSA) is 96.9 Å². The molecule has 2 amide bonds. The van der Waals surface area contributed by atoms with Gasteiger partial charge in [0.1, 0.15) is 5.82 Å². The molecule has 0 aliphatic carbocycles. The van der Waals surface area contributed by atoms with E-state index in [9.17, 15) is 9.59 Å². The van der Waals surface area contributed by atoms with Gasteiger partial charge in [-0.1, -0.05) is 31.2 Å².